The quantitative estimate of drug-likeness (QED) is 0.810. The van der Waals surface area contributed by atoms with Crippen LogP contribution in [0.1, 0.15) is 11.3 Å². The van der Waals surface area contributed by atoms with Gasteiger partial charge in [-0.2, -0.15) is 0 Å². The van der Waals surface area contributed by atoms with Gasteiger partial charge in [0.05, 0.1) is 19.9 Å². The van der Waals surface area contributed by atoms with Gasteiger partial charge in [-0.1, -0.05) is 6.07 Å². The molecule has 1 aromatic carbocycles. The molecular weight excluding hydrogens is 315 g/mol. The molecule has 4 nitrogen and oxygen atoms in total. The summed E-state index contributed by atoms with van der Waals surface area (Å²) in [5.41, 5.74) is 1.20. The molecule has 0 unspecified atom stereocenters. The molecule has 2 rings (SSSR count). The molecule has 1 heterocycles. The maximum Gasteiger partial charge on any atom is 0.177 e. The summed E-state index contributed by atoms with van der Waals surface area (Å²) in [4.78, 5) is 7.67. The van der Waals surface area contributed by atoms with Crippen LogP contribution >= 0.6 is 15.9 Å². The van der Waals surface area contributed by atoms with Gasteiger partial charge >= 0.3 is 0 Å². The fourth-order valence-corrected chi connectivity index (χ4v) is 2.01. The van der Waals surface area contributed by atoms with Crippen molar-refractivity contribution in [2.75, 3.05) is 14.2 Å². The molecule has 0 saturated carbocycles. The van der Waals surface area contributed by atoms with Crippen LogP contribution < -0.4 is 9.47 Å². The predicted octanol–water partition coefficient (Wildman–Crippen LogP) is 2.99. The van der Waals surface area contributed by atoms with E-state index in [4.69, 9.17) is 9.47 Å². The first-order valence-electron chi connectivity index (χ1n) is 5.51. The first kappa shape index (κ1) is 13.7. The van der Waals surface area contributed by atoms with Crippen molar-refractivity contribution in [3.8, 4) is 11.5 Å². The molecule has 2 aromatic rings. The standard InChI is InChI=1S/C13H12BrFN2O2/c1-18-10-4-3-8(6-11(10)19-2)5-9-12(15)13(14)17-7-16-9/h3-4,6-7H,5H2,1-2H3. The van der Waals surface area contributed by atoms with E-state index < -0.39 is 5.82 Å². The molecule has 0 saturated heterocycles. The van der Waals surface area contributed by atoms with Crippen molar-refractivity contribution in [3.05, 3.63) is 46.2 Å². The molecule has 0 N–H and O–H groups in total. The highest BCUT2D eigenvalue weighted by molar-refractivity contribution is 9.10. The van der Waals surface area contributed by atoms with Gasteiger partial charge in [0.2, 0.25) is 0 Å². The Morgan fingerprint density at radius 2 is 1.89 bits per heavy atom. The zero-order valence-electron chi connectivity index (χ0n) is 10.5. The Hall–Kier alpha value is -1.69. The van der Waals surface area contributed by atoms with Crippen LogP contribution in [-0.2, 0) is 6.42 Å². The van der Waals surface area contributed by atoms with Gasteiger partial charge in [-0.15, -0.1) is 0 Å². The highest BCUT2D eigenvalue weighted by atomic mass is 79.9. The summed E-state index contributed by atoms with van der Waals surface area (Å²) in [6.45, 7) is 0. The molecule has 0 spiro atoms. The van der Waals surface area contributed by atoms with Crippen molar-refractivity contribution in [2.45, 2.75) is 6.42 Å². The normalized spacial score (nSPS) is 10.3. The van der Waals surface area contributed by atoms with Gasteiger partial charge in [0.1, 0.15) is 10.9 Å². The van der Waals surface area contributed by atoms with E-state index in [0.29, 0.717) is 23.6 Å². The molecule has 19 heavy (non-hydrogen) atoms. The number of benzene rings is 1. The third-order valence-electron chi connectivity index (χ3n) is 2.64. The molecule has 0 radical (unpaired) electrons. The number of rotatable bonds is 4. The van der Waals surface area contributed by atoms with Crippen LogP contribution in [0.4, 0.5) is 4.39 Å². The zero-order chi connectivity index (χ0) is 13.8. The van der Waals surface area contributed by atoms with Gasteiger partial charge in [-0.05, 0) is 33.6 Å². The summed E-state index contributed by atoms with van der Waals surface area (Å²) in [6.07, 6.45) is 1.68. The van der Waals surface area contributed by atoms with E-state index in [1.807, 2.05) is 6.07 Å². The average Bonchev–Trinajstić information content (AvgIpc) is 2.43. The predicted molar refractivity (Wildman–Crippen MR) is 72.0 cm³/mol. The van der Waals surface area contributed by atoms with E-state index in [-0.39, 0.29) is 4.60 Å². The van der Waals surface area contributed by atoms with Crippen molar-refractivity contribution in [1.82, 2.24) is 9.97 Å². The van der Waals surface area contributed by atoms with Crippen LogP contribution in [0.25, 0.3) is 0 Å². The number of aromatic nitrogens is 2. The number of hydrogen-bond acceptors (Lipinski definition) is 4. The van der Waals surface area contributed by atoms with E-state index >= 15 is 0 Å². The van der Waals surface area contributed by atoms with Crippen LogP contribution in [-0.4, -0.2) is 24.2 Å². The summed E-state index contributed by atoms with van der Waals surface area (Å²) in [5.74, 6) is 0.793. The van der Waals surface area contributed by atoms with Crippen molar-refractivity contribution in [1.29, 1.82) is 0 Å². The van der Waals surface area contributed by atoms with Crippen LogP contribution in [0, 0.1) is 5.82 Å². The van der Waals surface area contributed by atoms with Gasteiger partial charge in [0.15, 0.2) is 17.3 Å². The Labute approximate surface area is 118 Å². The van der Waals surface area contributed by atoms with Gasteiger partial charge in [0.25, 0.3) is 0 Å². The first-order chi connectivity index (χ1) is 9.15. The third kappa shape index (κ3) is 3.01. The minimum absolute atomic E-state index is 0.165. The van der Waals surface area contributed by atoms with Crippen molar-refractivity contribution >= 4 is 15.9 Å². The fourth-order valence-electron chi connectivity index (χ4n) is 1.69. The largest absolute Gasteiger partial charge is 0.493 e. The molecule has 0 bridgehead atoms. The molecule has 0 aliphatic carbocycles. The summed E-state index contributed by atoms with van der Waals surface area (Å²) in [5, 5.41) is 0. The highest BCUT2D eigenvalue weighted by Crippen LogP contribution is 2.28. The molecule has 0 aliphatic heterocycles. The third-order valence-corrected chi connectivity index (χ3v) is 3.19. The lowest BCUT2D eigenvalue weighted by Crippen LogP contribution is -2.00. The van der Waals surface area contributed by atoms with Gasteiger partial charge in [0, 0.05) is 6.42 Å². The minimum atomic E-state index is -0.447. The van der Waals surface area contributed by atoms with Gasteiger partial charge in [-0.25, -0.2) is 14.4 Å². The number of nitrogens with zero attached hydrogens (tertiary/aromatic N) is 2. The molecule has 6 heteroatoms. The molecule has 0 amide bonds. The molecule has 0 aliphatic rings. The van der Waals surface area contributed by atoms with Crippen molar-refractivity contribution < 1.29 is 13.9 Å². The molecular formula is C13H12BrFN2O2. The van der Waals surface area contributed by atoms with E-state index in [1.165, 1.54) is 6.33 Å². The summed E-state index contributed by atoms with van der Waals surface area (Å²) in [6, 6.07) is 5.42. The van der Waals surface area contributed by atoms with E-state index in [1.54, 1.807) is 26.4 Å². The number of hydrogen-bond donors (Lipinski definition) is 0. The minimum Gasteiger partial charge on any atom is -0.493 e. The Bertz CT molecular complexity index is 593. The van der Waals surface area contributed by atoms with E-state index in [2.05, 4.69) is 25.9 Å². The van der Waals surface area contributed by atoms with Crippen molar-refractivity contribution in [2.24, 2.45) is 0 Å². The van der Waals surface area contributed by atoms with E-state index in [0.717, 1.165) is 5.56 Å². The number of methoxy groups -OCH3 is 2. The number of halogens is 2. The maximum atomic E-state index is 13.8. The van der Waals surface area contributed by atoms with E-state index in [9.17, 15) is 4.39 Å². The van der Waals surface area contributed by atoms with Crippen LogP contribution in [0.3, 0.4) is 0 Å². The average molecular weight is 327 g/mol. The summed E-state index contributed by atoms with van der Waals surface area (Å²) < 4.78 is 24.3. The Morgan fingerprint density at radius 1 is 1.16 bits per heavy atom. The van der Waals surface area contributed by atoms with Crippen LogP contribution in [0.2, 0.25) is 0 Å². The fraction of sp³-hybridized carbons (Fsp3) is 0.231. The second-order valence-corrected chi connectivity index (χ2v) is 4.54. The highest BCUT2D eigenvalue weighted by Gasteiger charge is 2.11. The first-order valence-corrected chi connectivity index (χ1v) is 6.30. The van der Waals surface area contributed by atoms with Crippen LogP contribution in [0.5, 0.6) is 11.5 Å². The lowest BCUT2D eigenvalue weighted by molar-refractivity contribution is 0.354. The molecule has 0 atom stereocenters. The number of ether oxygens (including phenoxy) is 2. The van der Waals surface area contributed by atoms with Gasteiger partial charge < -0.3 is 9.47 Å². The Kier molecular flexibility index (Phi) is 4.31. The topological polar surface area (TPSA) is 44.2 Å². The maximum absolute atomic E-state index is 13.8. The van der Waals surface area contributed by atoms with Crippen molar-refractivity contribution in [3.63, 3.8) is 0 Å². The lowest BCUT2D eigenvalue weighted by Gasteiger charge is -2.09. The Balaban J connectivity index is 2.31. The molecule has 100 valence electrons. The SMILES string of the molecule is COc1ccc(Cc2ncnc(Br)c2F)cc1OC. The lowest BCUT2D eigenvalue weighted by atomic mass is 10.1. The molecule has 0 fully saturated rings. The van der Waals surface area contributed by atoms with Crippen LogP contribution in [0.15, 0.2) is 29.1 Å². The second kappa shape index (κ2) is 5.97. The zero-order valence-corrected chi connectivity index (χ0v) is 12.1. The molecule has 1 aromatic heterocycles. The monoisotopic (exact) mass is 326 g/mol. The Morgan fingerprint density at radius 3 is 2.58 bits per heavy atom. The second-order valence-electron chi connectivity index (χ2n) is 3.79. The summed E-state index contributed by atoms with van der Waals surface area (Å²) >= 11 is 3.04. The summed E-state index contributed by atoms with van der Waals surface area (Å²) in [7, 11) is 3.13. The van der Waals surface area contributed by atoms with Gasteiger partial charge in [-0.3, -0.25) is 0 Å². The smallest absolute Gasteiger partial charge is 0.177 e.